The van der Waals surface area contributed by atoms with Crippen molar-refractivity contribution in [2.24, 2.45) is 0 Å². The van der Waals surface area contributed by atoms with Crippen LogP contribution in [0, 0.1) is 0 Å². The fourth-order valence-electron chi connectivity index (χ4n) is 4.89. The Hall–Kier alpha value is -3.62. The Morgan fingerprint density at radius 1 is 0.947 bits per heavy atom. The first-order chi connectivity index (χ1) is 18.6. The fraction of sp³-hybridized carbons (Fsp3) is 0.267. The first-order valence-electron chi connectivity index (χ1n) is 12.7. The number of morpholine rings is 1. The number of rotatable bonds is 6. The minimum atomic E-state index is -0.195. The SMILES string of the molecule is O=C(c1ccc(Br)cc1)c1oc2cc3c(cc2c1-c1ccc(OCC(=O)N2CCOCC2)cc1)CCCO3. The van der Waals surface area contributed by atoms with Gasteiger partial charge >= 0.3 is 0 Å². The normalized spacial score (nSPS) is 15.1. The lowest BCUT2D eigenvalue weighted by molar-refractivity contribution is -0.137. The number of amides is 1. The van der Waals surface area contributed by atoms with Crippen molar-refractivity contribution in [2.75, 3.05) is 39.5 Å². The number of hydrogen-bond acceptors (Lipinski definition) is 6. The van der Waals surface area contributed by atoms with Crippen LogP contribution >= 0.6 is 15.9 Å². The lowest BCUT2D eigenvalue weighted by Crippen LogP contribution is -2.42. The van der Waals surface area contributed by atoms with Crippen molar-refractivity contribution in [3.8, 4) is 22.6 Å². The van der Waals surface area contributed by atoms with Crippen LogP contribution < -0.4 is 9.47 Å². The van der Waals surface area contributed by atoms with Crippen LogP contribution in [0.25, 0.3) is 22.1 Å². The second-order valence-electron chi connectivity index (χ2n) is 9.36. The van der Waals surface area contributed by atoms with E-state index in [0.717, 1.165) is 45.1 Å². The van der Waals surface area contributed by atoms with Crippen molar-refractivity contribution in [1.82, 2.24) is 4.90 Å². The molecule has 4 aromatic rings. The monoisotopic (exact) mass is 575 g/mol. The van der Waals surface area contributed by atoms with Crippen LogP contribution in [-0.2, 0) is 16.0 Å². The third kappa shape index (κ3) is 4.93. The summed E-state index contributed by atoms with van der Waals surface area (Å²) >= 11 is 3.43. The van der Waals surface area contributed by atoms with Crippen molar-refractivity contribution in [2.45, 2.75) is 12.8 Å². The number of halogens is 1. The standard InChI is InChI=1S/C30H26BrNO6/c31-22-7-3-20(4-8-22)29(34)30-28(24-16-21-2-1-13-36-25(21)17-26(24)38-30)19-5-9-23(10-6-19)37-18-27(33)32-11-14-35-15-12-32/h3-10,16-17H,1-2,11-15,18H2. The molecular formula is C30H26BrNO6. The van der Waals surface area contributed by atoms with Gasteiger partial charge in [-0.15, -0.1) is 0 Å². The van der Waals surface area contributed by atoms with E-state index in [1.54, 1.807) is 17.0 Å². The molecule has 1 amide bonds. The minimum Gasteiger partial charge on any atom is -0.493 e. The summed E-state index contributed by atoms with van der Waals surface area (Å²) in [4.78, 5) is 27.8. The van der Waals surface area contributed by atoms with Crippen LogP contribution in [0.2, 0.25) is 0 Å². The molecule has 0 radical (unpaired) electrons. The summed E-state index contributed by atoms with van der Waals surface area (Å²) in [5.41, 5.74) is 3.81. The molecule has 0 aliphatic carbocycles. The molecule has 7 nitrogen and oxygen atoms in total. The molecule has 0 N–H and O–H groups in total. The molecule has 2 aliphatic heterocycles. The van der Waals surface area contributed by atoms with Gasteiger partial charge in [-0.05, 0) is 66.4 Å². The van der Waals surface area contributed by atoms with Crippen molar-refractivity contribution >= 4 is 38.6 Å². The molecule has 0 saturated carbocycles. The number of carbonyl (C=O) groups is 2. The zero-order chi connectivity index (χ0) is 26.1. The molecule has 194 valence electrons. The second kappa shape index (κ2) is 10.6. The van der Waals surface area contributed by atoms with E-state index >= 15 is 0 Å². The van der Waals surface area contributed by atoms with Gasteiger partial charge < -0.3 is 23.5 Å². The van der Waals surface area contributed by atoms with Crippen molar-refractivity contribution in [3.63, 3.8) is 0 Å². The molecule has 8 heteroatoms. The molecule has 1 saturated heterocycles. The van der Waals surface area contributed by atoms with Crippen molar-refractivity contribution in [3.05, 3.63) is 82.0 Å². The van der Waals surface area contributed by atoms with Gasteiger partial charge in [0.1, 0.15) is 17.1 Å². The van der Waals surface area contributed by atoms with E-state index in [0.29, 0.717) is 49.8 Å². The van der Waals surface area contributed by atoms with Crippen LogP contribution in [0.5, 0.6) is 11.5 Å². The number of furan rings is 1. The third-order valence-electron chi connectivity index (χ3n) is 6.90. The summed E-state index contributed by atoms with van der Waals surface area (Å²) in [7, 11) is 0. The van der Waals surface area contributed by atoms with Gasteiger partial charge in [-0.1, -0.05) is 28.1 Å². The highest BCUT2D eigenvalue weighted by atomic mass is 79.9. The smallest absolute Gasteiger partial charge is 0.260 e. The van der Waals surface area contributed by atoms with Gasteiger partial charge in [-0.2, -0.15) is 0 Å². The Bertz CT molecular complexity index is 1490. The molecular weight excluding hydrogens is 550 g/mol. The van der Waals surface area contributed by atoms with E-state index in [-0.39, 0.29) is 24.1 Å². The van der Waals surface area contributed by atoms with Gasteiger partial charge in [-0.25, -0.2) is 0 Å². The summed E-state index contributed by atoms with van der Waals surface area (Å²) in [6.45, 7) is 2.91. The van der Waals surface area contributed by atoms with Gasteiger partial charge in [0.05, 0.1) is 19.8 Å². The Morgan fingerprint density at radius 2 is 1.71 bits per heavy atom. The number of ketones is 1. The fourth-order valence-corrected chi connectivity index (χ4v) is 5.15. The van der Waals surface area contributed by atoms with E-state index in [4.69, 9.17) is 18.6 Å². The number of hydrogen-bond donors (Lipinski definition) is 0. The largest absolute Gasteiger partial charge is 0.493 e. The summed E-state index contributed by atoms with van der Waals surface area (Å²) in [5, 5.41) is 0.867. The topological polar surface area (TPSA) is 78.2 Å². The zero-order valence-corrected chi connectivity index (χ0v) is 22.3. The highest BCUT2D eigenvalue weighted by Crippen LogP contribution is 2.40. The molecule has 2 aliphatic rings. The van der Waals surface area contributed by atoms with Gasteiger partial charge in [0, 0.05) is 40.1 Å². The molecule has 3 heterocycles. The van der Waals surface area contributed by atoms with E-state index in [1.165, 1.54) is 0 Å². The summed E-state index contributed by atoms with van der Waals surface area (Å²) in [6, 6.07) is 18.6. The lowest BCUT2D eigenvalue weighted by atomic mass is 9.95. The number of benzene rings is 3. The second-order valence-corrected chi connectivity index (χ2v) is 10.3. The maximum Gasteiger partial charge on any atom is 0.260 e. The molecule has 1 aromatic heterocycles. The predicted molar refractivity (Wildman–Crippen MR) is 146 cm³/mol. The highest BCUT2D eigenvalue weighted by molar-refractivity contribution is 9.10. The summed E-state index contributed by atoms with van der Waals surface area (Å²) < 4.78 is 24.0. The van der Waals surface area contributed by atoms with Gasteiger partial charge in [-0.3, -0.25) is 9.59 Å². The number of fused-ring (bicyclic) bond motifs is 2. The van der Waals surface area contributed by atoms with E-state index < -0.39 is 0 Å². The quantitative estimate of drug-likeness (QED) is 0.276. The Morgan fingerprint density at radius 3 is 2.47 bits per heavy atom. The molecule has 0 spiro atoms. The maximum atomic E-state index is 13.6. The average Bonchev–Trinajstić information content (AvgIpc) is 3.33. The molecule has 38 heavy (non-hydrogen) atoms. The number of ether oxygens (including phenoxy) is 3. The Labute approximate surface area is 228 Å². The average molecular weight is 576 g/mol. The molecule has 3 aromatic carbocycles. The first kappa shape index (κ1) is 24.7. The van der Waals surface area contributed by atoms with Gasteiger partial charge in [0.25, 0.3) is 5.91 Å². The van der Waals surface area contributed by atoms with E-state index in [2.05, 4.69) is 22.0 Å². The summed E-state index contributed by atoms with van der Waals surface area (Å²) in [6.07, 6.45) is 1.86. The molecule has 0 atom stereocenters. The predicted octanol–water partition coefficient (Wildman–Crippen LogP) is 5.66. The van der Waals surface area contributed by atoms with Gasteiger partial charge in [0.2, 0.25) is 5.78 Å². The van der Waals surface area contributed by atoms with Crippen LogP contribution in [0.4, 0.5) is 0 Å². The molecule has 0 unspecified atom stereocenters. The van der Waals surface area contributed by atoms with Crippen LogP contribution in [0.3, 0.4) is 0 Å². The van der Waals surface area contributed by atoms with Crippen LogP contribution in [0.15, 0.2) is 69.6 Å². The number of nitrogens with zero attached hydrogens (tertiary/aromatic N) is 1. The molecule has 0 bridgehead atoms. The highest BCUT2D eigenvalue weighted by Gasteiger charge is 2.25. The Kier molecular flexibility index (Phi) is 6.91. The number of carbonyl (C=O) groups excluding carboxylic acids is 2. The molecule has 1 fully saturated rings. The van der Waals surface area contributed by atoms with E-state index in [9.17, 15) is 9.59 Å². The van der Waals surface area contributed by atoms with Crippen molar-refractivity contribution in [1.29, 1.82) is 0 Å². The van der Waals surface area contributed by atoms with Crippen LogP contribution in [0.1, 0.15) is 28.1 Å². The molecule has 6 rings (SSSR count). The minimum absolute atomic E-state index is 0.0343. The lowest BCUT2D eigenvalue weighted by Gasteiger charge is -2.26. The van der Waals surface area contributed by atoms with Crippen molar-refractivity contribution < 1.29 is 28.2 Å². The van der Waals surface area contributed by atoms with E-state index in [1.807, 2.05) is 42.5 Å². The first-order valence-corrected chi connectivity index (χ1v) is 13.5. The van der Waals surface area contributed by atoms with Gasteiger partial charge in [0.15, 0.2) is 12.4 Å². The van der Waals surface area contributed by atoms with Crippen LogP contribution in [-0.4, -0.2) is 56.1 Å². The summed E-state index contributed by atoms with van der Waals surface area (Å²) in [5.74, 6) is 1.41. The zero-order valence-electron chi connectivity index (χ0n) is 20.7. The Balaban J connectivity index is 1.33. The third-order valence-corrected chi connectivity index (χ3v) is 7.43. The maximum absolute atomic E-state index is 13.6. The number of aryl methyl sites for hydroxylation is 1.